The molecule has 12 heteroatoms. The van der Waals surface area contributed by atoms with Crippen LogP contribution in [0.5, 0.6) is 0 Å². The highest BCUT2D eigenvalue weighted by molar-refractivity contribution is 6.00. The molecule has 0 radical (unpaired) electrons. The van der Waals surface area contributed by atoms with E-state index in [1.165, 1.54) is 43.2 Å². The number of benzene rings is 3. The fourth-order valence-corrected chi connectivity index (χ4v) is 10.1. The zero-order valence-electron chi connectivity index (χ0n) is 40.0. The van der Waals surface area contributed by atoms with E-state index in [2.05, 4.69) is 54.1 Å². The molecule has 12 nitrogen and oxygen atoms in total. The minimum Gasteiger partial charge on any atom is -0.354 e. The summed E-state index contributed by atoms with van der Waals surface area (Å²) in [7, 11) is 0. The van der Waals surface area contributed by atoms with E-state index in [9.17, 15) is 28.8 Å². The lowest BCUT2D eigenvalue weighted by molar-refractivity contribution is -0.143. The number of piperazine rings is 1. The zero-order valence-corrected chi connectivity index (χ0v) is 40.0. The molecule has 67 heavy (non-hydrogen) atoms. The number of nitrogens with zero attached hydrogens (tertiary/aromatic N) is 3. The van der Waals surface area contributed by atoms with Crippen molar-refractivity contribution in [3.8, 4) is 0 Å². The van der Waals surface area contributed by atoms with E-state index in [1.807, 2.05) is 36.4 Å². The van der Waals surface area contributed by atoms with Crippen molar-refractivity contribution in [1.29, 1.82) is 0 Å². The maximum Gasteiger partial charge on any atom is 0.253 e. The van der Waals surface area contributed by atoms with E-state index in [-0.39, 0.29) is 85.5 Å². The highest BCUT2D eigenvalue weighted by Gasteiger charge is 2.49. The molecule has 1 unspecified atom stereocenters. The number of hydrogen-bond donors (Lipinski definition) is 3. The first-order valence-corrected chi connectivity index (χ1v) is 25.6. The number of carbonyl (C=O) groups excluding carboxylic acids is 6. The quantitative estimate of drug-likeness (QED) is 0.0777. The van der Waals surface area contributed by atoms with Gasteiger partial charge < -0.3 is 30.7 Å². The molecule has 2 saturated carbocycles. The topological polar surface area (TPSA) is 148 Å². The SMILES string of the molecule is CCCCCCCCCCNC(=O)C1CN(C(=O)c2ccc(C(=O)N3C[C@@H](C(=O)N[C@H]4C[C@@H]4c4ccccc4)[C@H](C(=O)N[C@H]4C[C@@H]4c4ccccc4)C3)cc2)CCN1C(=O)CCCCCCC. The van der Waals surface area contributed by atoms with E-state index in [0.717, 1.165) is 64.2 Å². The van der Waals surface area contributed by atoms with Crippen molar-refractivity contribution in [2.45, 2.75) is 147 Å². The van der Waals surface area contributed by atoms with Gasteiger partial charge >= 0.3 is 0 Å². The summed E-state index contributed by atoms with van der Waals surface area (Å²) < 4.78 is 0. The van der Waals surface area contributed by atoms with Crippen molar-refractivity contribution in [3.05, 3.63) is 107 Å². The molecule has 6 amide bonds. The number of rotatable bonds is 24. The summed E-state index contributed by atoms with van der Waals surface area (Å²) in [6.45, 7) is 5.76. The lowest BCUT2D eigenvalue weighted by atomic mass is 9.94. The summed E-state index contributed by atoms with van der Waals surface area (Å²) in [5.74, 6) is -2.29. The molecule has 2 aliphatic carbocycles. The summed E-state index contributed by atoms with van der Waals surface area (Å²) in [5, 5.41) is 9.47. The highest BCUT2D eigenvalue weighted by Crippen LogP contribution is 2.42. The first-order chi connectivity index (χ1) is 32.7. The third-order valence-corrected chi connectivity index (χ3v) is 14.5. The number of nitrogens with one attached hydrogen (secondary N) is 3. The van der Waals surface area contributed by atoms with Crippen molar-refractivity contribution in [2.75, 3.05) is 39.3 Å². The second-order valence-corrected chi connectivity index (χ2v) is 19.5. The first-order valence-electron chi connectivity index (χ1n) is 25.6. The predicted molar refractivity (Wildman–Crippen MR) is 261 cm³/mol. The molecular formula is C55H74N6O6. The average Bonchev–Trinajstić information content (AvgIpc) is 4.27. The Kier molecular flexibility index (Phi) is 18.0. The Morgan fingerprint density at radius 1 is 0.507 bits per heavy atom. The van der Waals surface area contributed by atoms with E-state index < -0.39 is 17.9 Å². The Morgan fingerprint density at radius 3 is 1.48 bits per heavy atom. The molecule has 3 aromatic rings. The van der Waals surface area contributed by atoms with Gasteiger partial charge in [-0.1, -0.05) is 145 Å². The van der Waals surface area contributed by atoms with Gasteiger partial charge in [-0.3, -0.25) is 28.8 Å². The normalized spacial score (nSPS) is 23.1. The first kappa shape index (κ1) is 49.4. The van der Waals surface area contributed by atoms with Crippen LogP contribution in [0, 0.1) is 11.8 Å². The van der Waals surface area contributed by atoms with Crippen LogP contribution >= 0.6 is 0 Å². The number of amides is 6. The van der Waals surface area contributed by atoms with E-state index in [4.69, 9.17) is 0 Å². The Labute approximate surface area is 398 Å². The van der Waals surface area contributed by atoms with Crippen LogP contribution in [0.1, 0.15) is 160 Å². The second kappa shape index (κ2) is 24.5. The molecule has 2 heterocycles. The van der Waals surface area contributed by atoms with Gasteiger partial charge in [-0.15, -0.1) is 0 Å². The minimum absolute atomic E-state index is 0.0208. The summed E-state index contributed by atoms with van der Waals surface area (Å²) in [6.07, 6.45) is 16.4. The van der Waals surface area contributed by atoms with Crippen LogP contribution in [0.15, 0.2) is 84.9 Å². The van der Waals surface area contributed by atoms with Crippen LogP contribution < -0.4 is 16.0 Å². The number of likely N-dealkylation sites (tertiary alicyclic amines) is 1. The lowest BCUT2D eigenvalue weighted by Gasteiger charge is -2.40. The van der Waals surface area contributed by atoms with Crippen molar-refractivity contribution in [1.82, 2.24) is 30.7 Å². The van der Waals surface area contributed by atoms with Gasteiger partial charge in [-0.25, -0.2) is 0 Å². The average molecular weight is 915 g/mol. The second-order valence-electron chi connectivity index (χ2n) is 19.5. The van der Waals surface area contributed by atoms with Gasteiger partial charge in [0.25, 0.3) is 11.8 Å². The third-order valence-electron chi connectivity index (χ3n) is 14.5. The Morgan fingerprint density at radius 2 is 0.970 bits per heavy atom. The van der Waals surface area contributed by atoms with Crippen molar-refractivity contribution in [3.63, 3.8) is 0 Å². The molecule has 3 N–H and O–H groups in total. The smallest absolute Gasteiger partial charge is 0.253 e. The number of hydrogen-bond acceptors (Lipinski definition) is 6. The van der Waals surface area contributed by atoms with E-state index in [0.29, 0.717) is 30.6 Å². The summed E-state index contributed by atoms with van der Waals surface area (Å²) in [5.41, 5.74) is 3.06. The van der Waals surface area contributed by atoms with E-state index >= 15 is 0 Å². The molecule has 0 aromatic heterocycles. The van der Waals surface area contributed by atoms with Gasteiger partial charge in [0.2, 0.25) is 23.6 Å². The van der Waals surface area contributed by atoms with Gasteiger partial charge in [0.05, 0.1) is 18.4 Å². The Balaban J connectivity index is 0.967. The minimum atomic E-state index is -0.783. The molecule has 2 saturated heterocycles. The van der Waals surface area contributed by atoms with Gasteiger partial charge in [0, 0.05) is 74.2 Å². The van der Waals surface area contributed by atoms with Crippen molar-refractivity contribution in [2.24, 2.45) is 11.8 Å². The molecule has 2 aliphatic heterocycles. The van der Waals surface area contributed by atoms with Crippen LogP contribution in [-0.4, -0.2) is 108 Å². The zero-order chi connectivity index (χ0) is 47.1. The lowest BCUT2D eigenvalue weighted by Crippen LogP contribution is -2.61. The molecule has 3 aromatic carbocycles. The standard InChI is InChI=1S/C55H74N6O6/c1-3-5-7-9-10-11-13-21-31-56-53(65)49-38-59(32-33-61(49)50(62)26-20-12-8-6-4-2)54(66)41-27-29-42(30-28-41)55(67)60-36-45(51(63)57-47-34-43(47)39-22-16-14-17-23-39)46(37-60)52(64)58-48-35-44(48)40-24-18-15-19-25-40/h14-19,22-25,27-30,43-49H,3-13,20-21,26,31-38H2,1-2H3,(H,56,65)(H,57,63)(H,58,64)/t43-,44-,45-,46-,47+,48+,49?/m1/s1. The van der Waals surface area contributed by atoms with Crippen LogP contribution in [0.4, 0.5) is 0 Å². The molecule has 360 valence electrons. The van der Waals surface area contributed by atoms with Gasteiger partial charge in [0.15, 0.2) is 0 Å². The number of unbranched alkanes of at least 4 members (excludes halogenated alkanes) is 11. The van der Waals surface area contributed by atoms with Gasteiger partial charge in [0.1, 0.15) is 6.04 Å². The van der Waals surface area contributed by atoms with Crippen LogP contribution in [-0.2, 0) is 19.2 Å². The third kappa shape index (κ3) is 13.6. The van der Waals surface area contributed by atoms with Crippen molar-refractivity contribution >= 4 is 35.4 Å². The van der Waals surface area contributed by atoms with Crippen LogP contribution in [0.2, 0.25) is 0 Å². The fourth-order valence-electron chi connectivity index (χ4n) is 10.1. The highest BCUT2D eigenvalue weighted by atomic mass is 16.2. The number of carbonyl (C=O) groups is 6. The van der Waals surface area contributed by atoms with Crippen LogP contribution in [0.25, 0.3) is 0 Å². The fraction of sp³-hybridized carbons (Fsp3) is 0.564. The monoisotopic (exact) mass is 915 g/mol. The molecule has 7 atom stereocenters. The maximum atomic E-state index is 14.1. The maximum absolute atomic E-state index is 14.1. The molecule has 7 rings (SSSR count). The largest absolute Gasteiger partial charge is 0.354 e. The van der Waals surface area contributed by atoms with E-state index in [1.54, 1.807) is 39.0 Å². The molecule has 0 spiro atoms. The molecule has 4 fully saturated rings. The Bertz CT molecular complexity index is 2040. The van der Waals surface area contributed by atoms with Gasteiger partial charge in [-0.2, -0.15) is 0 Å². The molecule has 0 bridgehead atoms. The van der Waals surface area contributed by atoms with Crippen molar-refractivity contribution < 1.29 is 28.8 Å². The van der Waals surface area contributed by atoms with Crippen LogP contribution in [0.3, 0.4) is 0 Å². The summed E-state index contributed by atoms with van der Waals surface area (Å²) in [4.78, 5) is 88.3. The summed E-state index contributed by atoms with van der Waals surface area (Å²) in [6, 6.07) is 25.8. The predicted octanol–water partition coefficient (Wildman–Crippen LogP) is 7.99. The Hall–Kier alpha value is -5.52. The molecular weight excluding hydrogens is 841 g/mol. The molecule has 4 aliphatic rings. The summed E-state index contributed by atoms with van der Waals surface area (Å²) >= 11 is 0. The van der Waals surface area contributed by atoms with Gasteiger partial charge in [-0.05, 0) is 61.1 Å².